The third kappa shape index (κ3) is 2.40. The number of ketones is 1. The summed E-state index contributed by atoms with van der Waals surface area (Å²) in [6.07, 6.45) is 3.32. The first-order valence-electron chi connectivity index (χ1n) is 5.86. The molecule has 88 valence electrons. The fraction of sp³-hybridized carbons (Fsp3) is 0.615. The molecule has 1 fully saturated rings. The van der Waals surface area contributed by atoms with E-state index in [0.29, 0.717) is 11.7 Å². The van der Waals surface area contributed by atoms with Gasteiger partial charge in [0.2, 0.25) is 0 Å². The van der Waals surface area contributed by atoms with Crippen molar-refractivity contribution in [2.75, 3.05) is 0 Å². The van der Waals surface area contributed by atoms with Gasteiger partial charge in [0.05, 0.1) is 4.88 Å². The van der Waals surface area contributed by atoms with Crippen molar-refractivity contribution in [3.8, 4) is 0 Å². The van der Waals surface area contributed by atoms with Gasteiger partial charge in [-0.05, 0) is 58.5 Å². The van der Waals surface area contributed by atoms with Gasteiger partial charge in [-0.1, -0.05) is 13.8 Å². The van der Waals surface area contributed by atoms with Crippen molar-refractivity contribution in [2.45, 2.75) is 33.1 Å². The van der Waals surface area contributed by atoms with E-state index in [4.69, 9.17) is 0 Å². The van der Waals surface area contributed by atoms with E-state index in [1.165, 1.54) is 6.42 Å². The van der Waals surface area contributed by atoms with Gasteiger partial charge in [0.15, 0.2) is 5.78 Å². The molecule has 0 aliphatic heterocycles. The molecule has 0 bridgehead atoms. The number of carbonyl (C=O) groups is 1. The summed E-state index contributed by atoms with van der Waals surface area (Å²) in [4.78, 5) is 13.2. The standard InChI is InChI=1S/C13H17BrOS/c1-8-3-4-10(7-9(8)2)12(15)13-11(14)5-6-16-13/h5-6,8-10H,3-4,7H2,1-2H3. The Kier molecular flexibility index (Phi) is 3.85. The molecule has 0 aromatic carbocycles. The molecule has 2 rings (SSSR count). The molecule has 0 spiro atoms. The van der Waals surface area contributed by atoms with Gasteiger partial charge >= 0.3 is 0 Å². The molecule has 0 N–H and O–H groups in total. The minimum Gasteiger partial charge on any atom is -0.293 e. The second-order valence-corrected chi connectivity index (χ2v) is 6.70. The summed E-state index contributed by atoms with van der Waals surface area (Å²) in [7, 11) is 0. The summed E-state index contributed by atoms with van der Waals surface area (Å²) in [5.41, 5.74) is 0. The molecular formula is C13H17BrOS. The number of thiophene rings is 1. The minimum atomic E-state index is 0.251. The molecule has 1 aromatic heterocycles. The molecule has 3 heteroatoms. The topological polar surface area (TPSA) is 17.1 Å². The van der Waals surface area contributed by atoms with Crippen molar-refractivity contribution in [2.24, 2.45) is 17.8 Å². The van der Waals surface area contributed by atoms with Crippen molar-refractivity contribution in [1.29, 1.82) is 0 Å². The van der Waals surface area contributed by atoms with Gasteiger partial charge in [0.25, 0.3) is 0 Å². The Morgan fingerprint density at radius 3 is 2.69 bits per heavy atom. The Labute approximate surface area is 109 Å². The summed E-state index contributed by atoms with van der Waals surface area (Å²) in [6.45, 7) is 4.57. The fourth-order valence-corrected chi connectivity index (χ4v) is 4.03. The Balaban J connectivity index is 2.09. The zero-order chi connectivity index (χ0) is 11.7. The maximum Gasteiger partial charge on any atom is 0.177 e. The van der Waals surface area contributed by atoms with Gasteiger partial charge in [0.1, 0.15) is 0 Å². The number of hydrogen-bond donors (Lipinski definition) is 0. The first-order valence-corrected chi connectivity index (χ1v) is 7.54. The summed E-state index contributed by atoms with van der Waals surface area (Å²) in [5.74, 6) is 2.05. The van der Waals surface area contributed by atoms with Crippen LogP contribution in [0.5, 0.6) is 0 Å². The van der Waals surface area contributed by atoms with E-state index < -0.39 is 0 Å². The van der Waals surface area contributed by atoms with Gasteiger partial charge in [0, 0.05) is 10.4 Å². The largest absolute Gasteiger partial charge is 0.293 e. The average Bonchev–Trinajstić information content (AvgIpc) is 2.67. The monoisotopic (exact) mass is 300 g/mol. The van der Waals surface area contributed by atoms with E-state index in [2.05, 4.69) is 29.8 Å². The highest BCUT2D eigenvalue weighted by Crippen LogP contribution is 2.37. The molecule has 1 heterocycles. The van der Waals surface area contributed by atoms with E-state index in [9.17, 15) is 4.79 Å². The molecule has 16 heavy (non-hydrogen) atoms. The van der Waals surface area contributed by atoms with Crippen molar-refractivity contribution >= 4 is 33.0 Å². The molecule has 3 unspecified atom stereocenters. The Bertz CT molecular complexity index is 385. The molecule has 1 aromatic rings. The summed E-state index contributed by atoms with van der Waals surface area (Å²) in [6, 6.07) is 1.97. The molecule has 0 saturated heterocycles. The van der Waals surface area contributed by atoms with E-state index in [0.717, 1.165) is 28.1 Å². The Hall–Kier alpha value is -0.150. The average molecular weight is 301 g/mol. The second-order valence-electron chi connectivity index (χ2n) is 4.93. The number of Topliss-reactive ketones (excluding diaryl/α,β-unsaturated/α-hetero) is 1. The highest BCUT2D eigenvalue weighted by atomic mass is 79.9. The van der Waals surface area contributed by atoms with Crippen LogP contribution in [0.25, 0.3) is 0 Å². The van der Waals surface area contributed by atoms with Gasteiger partial charge in [-0.25, -0.2) is 0 Å². The van der Waals surface area contributed by atoms with Gasteiger partial charge in [-0.2, -0.15) is 0 Å². The van der Waals surface area contributed by atoms with Crippen LogP contribution in [-0.2, 0) is 0 Å². The van der Waals surface area contributed by atoms with Crippen LogP contribution in [0.3, 0.4) is 0 Å². The fourth-order valence-electron chi connectivity index (χ4n) is 2.44. The lowest BCUT2D eigenvalue weighted by atomic mass is 9.74. The third-order valence-electron chi connectivity index (χ3n) is 3.81. The summed E-state index contributed by atoms with van der Waals surface area (Å²) < 4.78 is 0.966. The molecule has 1 aliphatic carbocycles. The van der Waals surface area contributed by atoms with Crippen LogP contribution in [0, 0.1) is 17.8 Å². The molecule has 0 amide bonds. The van der Waals surface area contributed by atoms with E-state index in [1.807, 2.05) is 11.4 Å². The predicted octanol–water partition coefficient (Wildman–Crippen LogP) is 4.77. The molecule has 1 nitrogen and oxygen atoms in total. The van der Waals surface area contributed by atoms with Crippen LogP contribution in [0.15, 0.2) is 15.9 Å². The lowest BCUT2D eigenvalue weighted by Crippen LogP contribution is -2.26. The highest BCUT2D eigenvalue weighted by molar-refractivity contribution is 9.10. The SMILES string of the molecule is CC1CCC(C(=O)c2sccc2Br)CC1C. The quantitative estimate of drug-likeness (QED) is 0.719. The maximum atomic E-state index is 12.3. The van der Waals surface area contributed by atoms with Crippen LogP contribution < -0.4 is 0 Å². The minimum absolute atomic E-state index is 0.251. The van der Waals surface area contributed by atoms with Crippen molar-refractivity contribution in [3.05, 3.63) is 20.8 Å². The summed E-state index contributed by atoms with van der Waals surface area (Å²) in [5, 5.41) is 1.98. The van der Waals surface area contributed by atoms with Crippen LogP contribution in [0.1, 0.15) is 42.8 Å². The normalized spacial score (nSPS) is 30.3. The molecule has 1 saturated carbocycles. The first-order chi connectivity index (χ1) is 7.59. The van der Waals surface area contributed by atoms with Crippen LogP contribution in [-0.4, -0.2) is 5.78 Å². The molecular weight excluding hydrogens is 284 g/mol. The molecule has 3 atom stereocenters. The van der Waals surface area contributed by atoms with E-state index in [1.54, 1.807) is 11.3 Å². The number of halogens is 1. The first kappa shape index (κ1) is 12.3. The van der Waals surface area contributed by atoms with Crippen molar-refractivity contribution in [1.82, 2.24) is 0 Å². The third-order valence-corrected chi connectivity index (χ3v) is 5.66. The predicted molar refractivity (Wildman–Crippen MR) is 72.0 cm³/mol. The lowest BCUT2D eigenvalue weighted by molar-refractivity contribution is 0.0841. The number of rotatable bonds is 2. The molecule has 1 aliphatic rings. The smallest absolute Gasteiger partial charge is 0.177 e. The summed E-state index contributed by atoms with van der Waals surface area (Å²) >= 11 is 5.01. The maximum absolute atomic E-state index is 12.3. The van der Waals surface area contributed by atoms with Gasteiger partial charge in [-0.3, -0.25) is 4.79 Å². The van der Waals surface area contributed by atoms with Crippen molar-refractivity contribution < 1.29 is 4.79 Å². The van der Waals surface area contributed by atoms with Crippen molar-refractivity contribution in [3.63, 3.8) is 0 Å². The number of carbonyl (C=O) groups excluding carboxylic acids is 1. The number of hydrogen-bond acceptors (Lipinski definition) is 2. The van der Waals surface area contributed by atoms with Gasteiger partial charge in [-0.15, -0.1) is 11.3 Å². The van der Waals surface area contributed by atoms with Crippen LogP contribution >= 0.6 is 27.3 Å². The van der Waals surface area contributed by atoms with Crippen LogP contribution in [0.2, 0.25) is 0 Å². The zero-order valence-electron chi connectivity index (χ0n) is 9.70. The zero-order valence-corrected chi connectivity index (χ0v) is 12.1. The van der Waals surface area contributed by atoms with Crippen LogP contribution in [0.4, 0.5) is 0 Å². The highest BCUT2D eigenvalue weighted by Gasteiger charge is 2.30. The van der Waals surface area contributed by atoms with E-state index >= 15 is 0 Å². The Morgan fingerprint density at radius 2 is 2.12 bits per heavy atom. The second kappa shape index (κ2) is 5.01. The molecule has 0 radical (unpaired) electrons. The Morgan fingerprint density at radius 1 is 1.38 bits per heavy atom. The van der Waals surface area contributed by atoms with Gasteiger partial charge < -0.3 is 0 Å². The lowest BCUT2D eigenvalue weighted by Gasteiger charge is -2.31. The van der Waals surface area contributed by atoms with E-state index in [-0.39, 0.29) is 5.92 Å².